The lowest BCUT2D eigenvalue weighted by molar-refractivity contribution is 0.0727. The number of amides is 1. The molecule has 5 nitrogen and oxygen atoms in total. The predicted octanol–water partition coefficient (Wildman–Crippen LogP) is 1.07. The normalized spacial score (nSPS) is 20.1. The lowest BCUT2D eigenvalue weighted by Gasteiger charge is -2.22. The summed E-state index contributed by atoms with van der Waals surface area (Å²) in [5.74, 6) is 0.238. The van der Waals surface area contributed by atoms with Crippen molar-refractivity contribution < 1.29 is 4.79 Å². The minimum Gasteiger partial charge on any atom is -0.382 e. The van der Waals surface area contributed by atoms with Gasteiger partial charge in [-0.1, -0.05) is 6.92 Å². The number of aromatic nitrogens is 2. The average Bonchev–Trinajstić information content (AvgIpc) is 2.76. The van der Waals surface area contributed by atoms with Gasteiger partial charge < -0.3 is 10.6 Å². The maximum Gasteiger partial charge on any atom is 0.274 e. The SMILES string of the molecule is CCC1CCCN1C(=O)c1cncc(N)n1. The Labute approximate surface area is 94.7 Å². The van der Waals surface area contributed by atoms with Gasteiger partial charge in [-0.05, 0) is 19.3 Å². The molecule has 0 saturated carbocycles. The van der Waals surface area contributed by atoms with E-state index in [0.717, 1.165) is 25.8 Å². The van der Waals surface area contributed by atoms with E-state index in [1.165, 1.54) is 12.4 Å². The smallest absolute Gasteiger partial charge is 0.274 e. The molecule has 1 atom stereocenters. The molecule has 16 heavy (non-hydrogen) atoms. The van der Waals surface area contributed by atoms with Gasteiger partial charge in [0.15, 0.2) is 0 Å². The summed E-state index contributed by atoms with van der Waals surface area (Å²) >= 11 is 0. The molecule has 1 fully saturated rings. The zero-order valence-electron chi connectivity index (χ0n) is 9.39. The number of rotatable bonds is 2. The van der Waals surface area contributed by atoms with Crippen molar-refractivity contribution in [3.63, 3.8) is 0 Å². The first kappa shape index (κ1) is 10.9. The molecule has 86 valence electrons. The molecule has 5 heteroatoms. The summed E-state index contributed by atoms with van der Waals surface area (Å²) in [4.78, 5) is 21.9. The Morgan fingerprint density at radius 2 is 2.44 bits per heavy atom. The van der Waals surface area contributed by atoms with E-state index in [2.05, 4.69) is 16.9 Å². The largest absolute Gasteiger partial charge is 0.382 e. The van der Waals surface area contributed by atoms with Gasteiger partial charge in [-0.2, -0.15) is 0 Å². The van der Waals surface area contributed by atoms with Crippen LogP contribution >= 0.6 is 0 Å². The fraction of sp³-hybridized carbons (Fsp3) is 0.545. The van der Waals surface area contributed by atoms with Gasteiger partial charge in [0, 0.05) is 12.6 Å². The minimum atomic E-state index is -0.0517. The maximum atomic E-state index is 12.1. The van der Waals surface area contributed by atoms with Crippen LogP contribution in [0.4, 0.5) is 5.82 Å². The van der Waals surface area contributed by atoms with Crippen molar-refractivity contribution in [1.29, 1.82) is 0 Å². The third-order valence-electron chi connectivity index (χ3n) is 2.98. The lowest BCUT2D eigenvalue weighted by Crippen LogP contribution is -2.35. The zero-order valence-corrected chi connectivity index (χ0v) is 9.39. The number of nitrogens with two attached hydrogens (primary N) is 1. The van der Waals surface area contributed by atoms with Crippen LogP contribution in [0.2, 0.25) is 0 Å². The molecule has 0 aliphatic carbocycles. The number of nitrogen functional groups attached to an aromatic ring is 1. The first-order chi connectivity index (χ1) is 7.72. The summed E-state index contributed by atoms with van der Waals surface area (Å²) in [5.41, 5.74) is 5.87. The second kappa shape index (κ2) is 4.47. The third kappa shape index (κ3) is 1.98. The van der Waals surface area contributed by atoms with E-state index in [1.54, 1.807) is 0 Å². The first-order valence-corrected chi connectivity index (χ1v) is 5.61. The molecule has 0 spiro atoms. The highest BCUT2D eigenvalue weighted by atomic mass is 16.2. The number of anilines is 1. The van der Waals surface area contributed by atoms with E-state index in [1.807, 2.05) is 4.90 Å². The Bertz CT molecular complexity index is 393. The van der Waals surface area contributed by atoms with Crippen molar-refractivity contribution in [1.82, 2.24) is 14.9 Å². The molecular weight excluding hydrogens is 204 g/mol. The fourth-order valence-electron chi connectivity index (χ4n) is 2.16. The van der Waals surface area contributed by atoms with Crippen molar-refractivity contribution in [2.45, 2.75) is 32.2 Å². The standard InChI is InChI=1S/C11H16N4O/c1-2-8-4-3-5-15(8)11(16)9-6-13-7-10(12)14-9/h6-8H,2-5H2,1H3,(H2,12,14). The summed E-state index contributed by atoms with van der Waals surface area (Å²) in [6.07, 6.45) is 6.06. The summed E-state index contributed by atoms with van der Waals surface area (Å²) in [5, 5.41) is 0. The summed E-state index contributed by atoms with van der Waals surface area (Å²) in [7, 11) is 0. The molecule has 0 bridgehead atoms. The lowest BCUT2D eigenvalue weighted by atomic mass is 10.1. The molecule has 0 aromatic carbocycles. The van der Waals surface area contributed by atoms with Crippen LogP contribution in [0.3, 0.4) is 0 Å². The molecule has 1 saturated heterocycles. The monoisotopic (exact) mass is 220 g/mol. The second-order valence-corrected chi connectivity index (χ2v) is 4.03. The van der Waals surface area contributed by atoms with Crippen LogP contribution in [0.25, 0.3) is 0 Å². The third-order valence-corrected chi connectivity index (χ3v) is 2.98. The summed E-state index contributed by atoms with van der Waals surface area (Å²) < 4.78 is 0. The first-order valence-electron chi connectivity index (χ1n) is 5.61. The van der Waals surface area contributed by atoms with Gasteiger partial charge in [0.1, 0.15) is 11.5 Å². The van der Waals surface area contributed by atoms with Gasteiger partial charge in [-0.3, -0.25) is 9.78 Å². The highest BCUT2D eigenvalue weighted by molar-refractivity contribution is 5.92. The molecule has 2 N–H and O–H groups in total. The topological polar surface area (TPSA) is 72.1 Å². The molecule has 1 aromatic heterocycles. The van der Waals surface area contributed by atoms with Crippen LogP contribution in [0.1, 0.15) is 36.7 Å². The predicted molar refractivity (Wildman–Crippen MR) is 60.8 cm³/mol. The van der Waals surface area contributed by atoms with E-state index < -0.39 is 0 Å². The van der Waals surface area contributed by atoms with Crippen LogP contribution in [0.15, 0.2) is 12.4 Å². The Morgan fingerprint density at radius 3 is 3.12 bits per heavy atom. The summed E-state index contributed by atoms with van der Waals surface area (Å²) in [6, 6.07) is 0.343. The van der Waals surface area contributed by atoms with Crippen molar-refractivity contribution >= 4 is 11.7 Å². The van der Waals surface area contributed by atoms with Gasteiger partial charge in [0.25, 0.3) is 5.91 Å². The van der Waals surface area contributed by atoms with Crippen LogP contribution < -0.4 is 5.73 Å². The van der Waals surface area contributed by atoms with Crippen LogP contribution in [0, 0.1) is 0 Å². The van der Waals surface area contributed by atoms with Crippen molar-refractivity contribution in [2.24, 2.45) is 0 Å². The molecule has 0 radical (unpaired) electrons. The number of nitrogens with zero attached hydrogens (tertiary/aromatic N) is 3. The van der Waals surface area contributed by atoms with Crippen molar-refractivity contribution in [2.75, 3.05) is 12.3 Å². The molecule has 1 amide bonds. The van der Waals surface area contributed by atoms with E-state index in [0.29, 0.717) is 11.7 Å². The fourth-order valence-corrected chi connectivity index (χ4v) is 2.16. The van der Waals surface area contributed by atoms with Crippen molar-refractivity contribution in [3.05, 3.63) is 18.1 Å². The van der Waals surface area contributed by atoms with Gasteiger partial charge in [-0.25, -0.2) is 4.98 Å². The van der Waals surface area contributed by atoms with E-state index in [-0.39, 0.29) is 11.7 Å². The second-order valence-electron chi connectivity index (χ2n) is 4.03. The molecule has 1 aromatic rings. The van der Waals surface area contributed by atoms with Crippen LogP contribution in [-0.2, 0) is 0 Å². The number of hydrogen-bond donors (Lipinski definition) is 1. The van der Waals surface area contributed by atoms with Crippen LogP contribution in [-0.4, -0.2) is 33.4 Å². The Hall–Kier alpha value is -1.65. The van der Waals surface area contributed by atoms with Gasteiger partial charge in [0.05, 0.1) is 12.4 Å². The molecular formula is C11H16N4O. The minimum absolute atomic E-state index is 0.0517. The number of likely N-dealkylation sites (tertiary alicyclic amines) is 1. The Balaban J connectivity index is 2.18. The Kier molecular flexibility index (Phi) is 3.03. The van der Waals surface area contributed by atoms with Gasteiger partial charge in [0.2, 0.25) is 0 Å². The molecule has 1 unspecified atom stereocenters. The highest BCUT2D eigenvalue weighted by Gasteiger charge is 2.28. The molecule has 2 rings (SSSR count). The Morgan fingerprint density at radius 1 is 1.62 bits per heavy atom. The van der Waals surface area contributed by atoms with Crippen molar-refractivity contribution in [3.8, 4) is 0 Å². The van der Waals surface area contributed by atoms with Gasteiger partial charge >= 0.3 is 0 Å². The zero-order chi connectivity index (χ0) is 11.5. The number of carbonyl (C=O) groups excluding carboxylic acids is 1. The number of carbonyl (C=O) groups is 1. The molecule has 1 aliphatic rings. The molecule has 2 heterocycles. The van der Waals surface area contributed by atoms with E-state index in [4.69, 9.17) is 5.73 Å². The highest BCUT2D eigenvalue weighted by Crippen LogP contribution is 2.21. The van der Waals surface area contributed by atoms with E-state index >= 15 is 0 Å². The maximum absolute atomic E-state index is 12.1. The quantitative estimate of drug-likeness (QED) is 0.809. The molecule has 1 aliphatic heterocycles. The summed E-state index contributed by atoms with van der Waals surface area (Å²) in [6.45, 7) is 2.91. The van der Waals surface area contributed by atoms with Crippen LogP contribution in [0.5, 0.6) is 0 Å². The van der Waals surface area contributed by atoms with Gasteiger partial charge in [-0.15, -0.1) is 0 Å². The average molecular weight is 220 g/mol. The van der Waals surface area contributed by atoms with E-state index in [9.17, 15) is 4.79 Å². The number of hydrogen-bond acceptors (Lipinski definition) is 4.